The van der Waals surface area contributed by atoms with Crippen molar-refractivity contribution in [2.45, 2.75) is 104 Å². The Morgan fingerprint density at radius 2 is 1.88 bits per heavy atom. The van der Waals surface area contributed by atoms with Crippen molar-refractivity contribution in [2.75, 3.05) is 45.2 Å². The van der Waals surface area contributed by atoms with Crippen LogP contribution in [0.5, 0.6) is 5.75 Å². The predicted octanol–water partition coefficient (Wildman–Crippen LogP) is 5.34. The fourth-order valence-corrected chi connectivity index (χ4v) is 5.85. The summed E-state index contributed by atoms with van der Waals surface area (Å²) in [6, 6.07) is 5.01. The molecule has 40 heavy (non-hydrogen) atoms. The molecule has 1 fully saturated rings. The van der Waals surface area contributed by atoms with Gasteiger partial charge in [0.15, 0.2) is 0 Å². The molecule has 0 aromatic heterocycles. The lowest BCUT2D eigenvalue weighted by Crippen LogP contribution is -2.47. The van der Waals surface area contributed by atoms with E-state index in [0.717, 1.165) is 64.5 Å². The number of hydrogen-bond acceptors (Lipinski definition) is 6. The van der Waals surface area contributed by atoms with E-state index in [1.807, 2.05) is 26.0 Å². The minimum Gasteiger partial charge on any atom is -0.490 e. The van der Waals surface area contributed by atoms with E-state index in [-0.39, 0.29) is 48.5 Å². The van der Waals surface area contributed by atoms with Crippen LogP contribution in [0, 0.1) is 11.8 Å². The number of benzene rings is 1. The third-order valence-corrected chi connectivity index (χ3v) is 8.39. The molecule has 0 spiro atoms. The van der Waals surface area contributed by atoms with E-state index in [0.29, 0.717) is 30.2 Å². The molecule has 0 bridgehead atoms. The molecule has 2 aliphatic rings. The zero-order chi connectivity index (χ0) is 29.1. The number of carbonyl (C=O) groups is 2. The summed E-state index contributed by atoms with van der Waals surface area (Å²) >= 11 is 0. The molecule has 8 nitrogen and oxygen atoms in total. The molecule has 1 aromatic rings. The molecule has 3 rings (SSSR count). The lowest BCUT2D eigenvalue weighted by Gasteiger charge is -2.36. The third-order valence-electron chi connectivity index (χ3n) is 8.39. The van der Waals surface area contributed by atoms with Crippen LogP contribution in [0.15, 0.2) is 18.2 Å². The molecule has 1 aliphatic carbocycles. The Bertz CT molecular complexity index is 935. The van der Waals surface area contributed by atoms with Gasteiger partial charge in [-0.25, -0.2) is 0 Å². The summed E-state index contributed by atoms with van der Waals surface area (Å²) in [7, 11) is 2.11. The highest BCUT2D eigenvalue weighted by Gasteiger charge is 2.30. The minimum absolute atomic E-state index is 0.0175. The quantitative estimate of drug-likeness (QED) is 0.447. The van der Waals surface area contributed by atoms with Gasteiger partial charge in [-0.05, 0) is 84.2 Å². The second kappa shape index (κ2) is 16.3. The van der Waals surface area contributed by atoms with Gasteiger partial charge in [0.2, 0.25) is 5.91 Å². The summed E-state index contributed by atoms with van der Waals surface area (Å²) in [5.41, 5.74) is 1.02. The highest BCUT2D eigenvalue weighted by atomic mass is 16.5. The average molecular weight is 560 g/mol. The van der Waals surface area contributed by atoms with Crippen LogP contribution in [-0.2, 0) is 9.53 Å². The maximum Gasteiger partial charge on any atom is 0.258 e. The molecule has 4 atom stereocenters. The highest BCUT2D eigenvalue weighted by Crippen LogP contribution is 2.30. The number of rotatable bonds is 8. The molecule has 2 amide bonds. The summed E-state index contributed by atoms with van der Waals surface area (Å²) in [6.45, 7) is 10.9. The van der Waals surface area contributed by atoms with E-state index in [4.69, 9.17) is 9.47 Å². The van der Waals surface area contributed by atoms with Gasteiger partial charge in [-0.1, -0.05) is 33.1 Å². The largest absolute Gasteiger partial charge is 0.490 e. The van der Waals surface area contributed by atoms with Gasteiger partial charge in [0.05, 0.1) is 30.4 Å². The van der Waals surface area contributed by atoms with Crippen LogP contribution in [0.25, 0.3) is 0 Å². The number of likely N-dealkylation sites (N-methyl/N-ethyl adjacent to an activating group) is 1. The molecule has 2 N–H and O–H groups in total. The van der Waals surface area contributed by atoms with Crippen molar-refractivity contribution in [2.24, 2.45) is 11.8 Å². The first kappa shape index (κ1) is 32.4. The topological polar surface area (TPSA) is 91.3 Å². The van der Waals surface area contributed by atoms with Crippen LogP contribution in [0.2, 0.25) is 0 Å². The fourth-order valence-electron chi connectivity index (χ4n) is 5.85. The van der Waals surface area contributed by atoms with Gasteiger partial charge >= 0.3 is 0 Å². The second-order valence-corrected chi connectivity index (χ2v) is 12.1. The van der Waals surface area contributed by atoms with Crippen molar-refractivity contribution in [3.05, 3.63) is 23.8 Å². The maximum absolute atomic E-state index is 14.2. The number of nitrogens with one attached hydrogen (secondary N) is 1. The van der Waals surface area contributed by atoms with Crippen molar-refractivity contribution in [3.8, 4) is 5.75 Å². The van der Waals surface area contributed by atoms with Gasteiger partial charge in [0, 0.05) is 37.2 Å². The zero-order valence-electron chi connectivity index (χ0n) is 25.5. The van der Waals surface area contributed by atoms with E-state index < -0.39 is 0 Å². The number of carbonyl (C=O) groups excluding carboxylic acids is 2. The monoisotopic (exact) mass is 559 g/mol. The number of fused-ring (bicyclic) bond motifs is 1. The summed E-state index contributed by atoms with van der Waals surface area (Å²) < 4.78 is 12.7. The zero-order valence-corrected chi connectivity index (χ0v) is 25.5. The van der Waals surface area contributed by atoms with Crippen molar-refractivity contribution in [1.82, 2.24) is 9.80 Å². The molecule has 8 heteroatoms. The number of aliphatic hydroxyl groups excluding tert-OH is 1. The van der Waals surface area contributed by atoms with Crippen LogP contribution in [0.4, 0.5) is 5.69 Å². The van der Waals surface area contributed by atoms with Gasteiger partial charge in [-0.15, -0.1) is 0 Å². The lowest BCUT2D eigenvalue weighted by atomic mass is 9.88. The maximum atomic E-state index is 14.2. The van der Waals surface area contributed by atoms with Crippen LogP contribution < -0.4 is 10.1 Å². The first-order chi connectivity index (χ1) is 19.2. The van der Waals surface area contributed by atoms with Crippen molar-refractivity contribution in [3.63, 3.8) is 0 Å². The summed E-state index contributed by atoms with van der Waals surface area (Å²) in [6.07, 6.45) is 8.89. The number of amides is 2. The minimum atomic E-state index is -0.386. The lowest BCUT2D eigenvalue weighted by molar-refractivity contribution is -0.120. The molecule has 1 aliphatic heterocycles. The van der Waals surface area contributed by atoms with E-state index >= 15 is 0 Å². The SMILES string of the molecule is CCCN(C)C[C@@H]1OCCCC[C@H](C)Oc2ccc(NC(=O)C3CCCCC3)cc2C(=O)N([C@H](C)CO)C[C@@H]1C. The average Bonchev–Trinajstić information content (AvgIpc) is 2.95. The Balaban J connectivity index is 1.92. The van der Waals surface area contributed by atoms with Crippen molar-refractivity contribution < 1.29 is 24.2 Å². The van der Waals surface area contributed by atoms with Crippen LogP contribution in [0.1, 0.15) is 95.8 Å². The number of nitrogens with zero attached hydrogens (tertiary/aromatic N) is 2. The van der Waals surface area contributed by atoms with Crippen molar-refractivity contribution >= 4 is 17.5 Å². The Labute approximate surface area is 241 Å². The molecular formula is C32H53N3O5. The van der Waals surface area contributed by atoms with Gasteiger partial charge in [0.25, 0.3) is 5.91 Å². The Morgan fingerprint density at radius 1 is 1.15 bits per heavy atom. The number of aliphatic hydroxyl groups is 1. The predicted molar refractivity (Wildman–Crippen MR) is 160 cm³/mol. The molecule has 1 saturated carbocycles. The molecule has 0 radical (unpaired) electrons. The normalized spacial score (nSPS) is 24.6. The molecule has 1 heterocycles. The van der Waals surface area contributed by atoms with Crippen LogP contribution in [-0.4, -0.2) is 84.9 Å². The van der Waals surface area contributed by atoms with Crippen molar-refractivity contribution in [1.29, 1.82) is 0 Å². The third kappa shape index (κ3) is 9.45. The van der Waals surface area contributed by atoms with Crippen LogP contribution >= 0.6 is 0 Å². The standard InChI is InChI=1S/C32H53N3O5/c1-6-17-34(5)21-30-23(2)20-35(24(3)22-36)32(38)28-19-27(33-31(37)26-13-8-7-9-14-26)15-16-29(28)40-25(4)12-10-11-18-39-30/h15-16,19,23-26,30,36H,6-14,17-18,20-22H2,1-5H3,(H,33,37)/t23-,24+,25-,30-/m0/s1. The molecule has 0 unspecified atom stereocenters. The van der Waals surface area contributed by atoms with E-state index in [9.17, 15) is 14.7 Å². The highest BCUT2D eigenvalue weighted by molar-refractivity contribution is 6.00. The second-order valence-electron chi connectivity index (χ2n) is 12.1. The first-order valence-electron chi connectivity index (χ1n) is 15.6. The molecule has 1 aromatic carbocycles. The summed E-state index contributed by atoms with van der Waals surface area (Å²) in [5.74, 6) is 0.403. The smallest absolute Gasteiger partial charge is 0.258 e. The Kier molecular flexibility index (Phi) is 13.2. The van der Waals surface area contributed by atoms with Gasteiger partial charge < -0.3 is 29.7 Å². The fraction of sp³-hybridized carbons (Fsp3) is 0.750. The number of anilines is 1. The molecule has 0 saturated heterocycles. The first-order valence-corrected chi connectivity index (χ1v) is 15.6. The van der Waals surface area contributed by atoms with Crippen LogP contribution in [0.3, 0.4) is 0 Å². The summed E-state index contributed by atoms with van der Waals surface area (Å²) in [5, 5.41) is 13.2. The van der Waals surface area contributed by atoms with Gasteiger partial charge in [-0.2, -0.15) is 0 Å². The van der Waals surface area contributed by atoms with E-state index in [1.54, 1.807) is 11.0 Å². The van der Waals surface area contributed by atoms with E-state index in [2.05, 4.69) is 31.1 Å². The number of ether oxygens (including phenoxy) is 2. The Hall–Kier alpha value is -2.16. The molecule has 226 valence electrons. The van der Waals surface area contributed by atoms with E-state index in [1.165, 1.54) is 6.42 Å². The number of hydrogen-bond donors (Lipinski definition) is 2. The van der Waals surface area contributed by atoms with Gasteiger partial charge in [-0.3, -0.25) is 9.59 Å². The summed E-state index contributed by atoms with van der Waals surface area (Å²) in [4.78, 5) is 31.2. The molecular weight excluding hydrogens is 506 g/mol. The Morgan fingerprint density at radius 3 is 2.58 bits per heavy atom. The van der Waals surface area contributed by atoms with Gasteiger partial charge in [0.1, 0.15) is 5.75 Å².